The number of hydrogen-bond donors (Lipinski definition) is 0. The molecule has 1 fully saturated rings. The van der Waals surface area contributed by atoms with E-state index < -0.39 is 17.3 Å². The number of benzene rings is 1. The van der Waals surface area contributed by atoms with Crippen molar-refractivity contribution in [2.24, 2.45) is 4.99 Å². The predicted octanol–water partition coefficient (Wildman–Crippen LogP) is 3.19. The largest absolute Gasteiger partial charge is 0.486 e. The number of alkyl halides is 3. The standard InChI is InChI=1S/C14H12F3NO3/c15-14(16,17)10-3-2-9(11-12(10)21-7-6-20-11)13(18-8-19)4-1-5-13/h2-3H,1,4-7H2. The van der Waals surface area contributed by atoms with Crippen LogP contribution < -0.4 is 9.47 Å². The van der Waals surface area contributed by atoms with Crippen molar-refractivity contribution in [1.29, 1.82) is 0 Å². The lowest BCUT2D eigenvalue weighted by Gasteiger charge is -2.39. The van der Waals surface area contributed by atoms with E-state index in [9.17, 15) is 18.0 Å². The zero-order chi connectivity index (χ0) is 15.1. The van der Waals surface area contributed by atoms with E-state index in [-0.39, 0.29) is 24.7 Å². The van der Waals surface area contributed by atoms with Gasteiger partial charge in [0, 0.05) is 5.56 Å². The lowest BCUT2D eigenvalue weighted by atomic mass is 9.71. The lowest BCUT2D eigenvalue weighted by molar-refractivity contribution is -0.139. The summed E-state index contributed by atoms with van der Waals surface area (Å²) in [6.07, 6.45) is -0.984. The van der Waals surface area contributed by atoms with Gasteiger partial charge in [-0.3, -0.25) is 0 Å². The van der Waals surface area contributed by atoms with Crippen molar-refractivity contribution in [1.82, 2.24) is 0 Å². The van der Waals surface area contributed by atoms with Crippen molar-refractivity contribution in [3.05, 3.63) is 23.3 Å². The lowest BCUT2D eigenvalue weighted by Crippen LogP contribution is -2.34. The Hall–Kier alpha value is -2.01. The molecule has 112 valence electrons. The van der Waals surface area contributed by atoms with Crippen molar-refractivity contribution in [2.45, 2.75) is 31.0 Å². The van der Waals surface area contributed by atoms with Crippen LogP contribution >= 0.6 is 0 Å². The smallest absolute Gasteiger partial charge is 0.420 e. The summed E-state index contributed by atoms with van der Waals surface area (Å²) in [6, 6.07) is 2.29. The Morgan fingerprint density at radius 1 is 1.14 bits per heavy atom. The molecule has 0 amide bonds. The summed E-state index contributed by atoms with van der Waals surface area (Å²) >= 11 is 0. The van der Waals surface area contributed by atoms with Crippen LogP contribution in [0.15, 0.2) is 17.1 Å². The van der Waals surface area contributed by atoms with Gasteiger partial charge in [-0.2, -0.15) is 18.2 Å². The van der Waals surface area contributed by atoms with Crippen LogP contribution in [0, 0.1) is 0 Å². The van der Waals surface area contributed by atoms with Crippen molar-refractivity contribution < 1.29 is 27.4 Å². The number of aliphatic imine (C=N–C) groups is 1. The molecule has 3 rings (SSSR count). The molecule has 0 atom stereocenters. The minimum Gasteiger partial charge on any atom is -0.486 e. The van der Waals surface area contributed by atoms with E-state index in [4.69, 9.17) is 9.47 Å². The Balaban J connectivity index is 2.18. The van der Waals surface area contributed by atoms with Crippen molar-refractivity contribution >= 4 is 6.08 Å². The molecule has 1 aliphatic heterocycles. The maximum atomic E-state index is 13.0. The van der Waals surface area contributed by atoms with E-state index >= 15 is 0 Å². The highest BCUT2D eigenvalue weighted by molar-refractivity contribution is 5.57. The Kier molecular flexibility index (Phi) is 3.17. The molecule has 1 aliphatic carbocycles. The Labute approximate surface area is 118 Å². The average molecular weight is 299 g/mol. The molecule has 0 saturated heterocycles. The van der Waals surface area contributed by atoms with Gasteiger partial charge >= 0.3 is 6.18 Å². The van der Waals surface area contributed by atoms with E-state index in [0.717, 1.165) is 12.5 Å². The van der Waals surface area contributed by atoms with Gasteiger partial charge in [0.1, 0.15) is 24.3 Å². The van der Waals surface area contributed by atoms with E-state index in [1.807, 2.05) is 0 Å². The maximum Gasteiger partial charge on any atom is 0.420 e. The molecule has 0 N–H and O–H groups in total. The second kappa shape index (κ2) is 4.77. The van der Waals surface area contributed by atoms with E-state index in [1.165, 1.54) is 12.1 Å². The van der Waals surface area contributed by atoms with Gasteiger partial charge in [-0.05, 0) is 25.3 Å². The first-order valence-corrected chi connectivity index (χ1v) is 6.57. The van der Waals surface area contributed by atoms with Crippen LogP contribution in [0.2, 0.25) is 0 Å². The predicted molar refractivity (Wildman–Crippen MR) is 66.1 cm³/mol. The zero-order valence-electron chi connectivity index (χ0n) is 11.0. The van der Waals surface area contributed by atoms with Gasteiger partial charge in [-0.15, -0.1) is 0 Å². The average Bonchev–Trinajstić information content (AvgIpc) is 2.41. The second-order valence-corrected chi connectivity index (χ2v) is 5.10. The van der Waals surface area contributed by atoms with Gasteiger partial charge in [0.25, 0.3) is 0 Å². The first-order valence-electron chi connectivity index (χ1n) is 6.57. The third-order valence-electron chi connectivity index (χ3n) is 3.94. The summed E-state index contributed by atoms with van der Waals surface area (Å²) in [7, 11) is 0. The SMILES string of the molecule is O=C=NC1(c2ccc(C(F)(F)F)c3c2OCCO3)CCC1. The third kappa shape index (κ3) is 2.17. The molecule has 0 unspecified atom stereocenters. The van der Waals surface area contributed by atoms with Crippen LogP contribution in [0.3, 0.4) is 0 Å². The summed E-state index contributed by atoms with van der Waals surface area (Å²) in [4.78, 5) is 14.4. The highest BCUT2D eigenvalue weighted by atomic mass is 19.4. The topological polar surface area (TPSA) is 47.9 Å². The van der Waals surface area contributed by atoms with Crippen LogP contribution in [0.5, 0.6) is 11.5 Å². The van der Waals surface area contributed by atoms with E-state index in [1.54, 1.807) is 0 Å². The van der Waals surface area contributed by atoms with Crippen molar-refractivity contribution in [2.75, 3.05) is 13.2 Å². The van der Waals surface area contributed by atoms with Crippen LogP contribution in [0.1, 0.15) is 30.4 Å². The quantitative estimate of drug-likeness (QED) is 0.622. The molecule has 0 bridgehead atoms. The summed E-state index contributed by atoms with van der Waals surface area (Å²) in [5.41, 5.74) is -1.22. The molecule has 1 aromatic rings. The molecule has 1 heterocycles. The van der Waals surface area contributed by atoms with Gasteiger partial charge in [0.05, 0.1) is 0 Å². The number of ether oxygens (including phenoxy) is 2. The van der Waals surface area contributed by atoms with Gasteiger partial charge in [-0.25, -0.2) is 4.79 Å². The normalized spacial score (nSPS) is 19.4. The molecule has 0 spiro atoms. The highest BCUT2D eigenvalue weighted by Crippen LogP contribution is 2.53. The second-order valence-electron chi connectivity index (χ2n) is 5.10. The Morgan fingerprint density at radius 2 is 1.81 bits per heavy atom. The summed E-state index contributed by atoms with van der Waals surface area (Å²) in [5.74, 6) is -0.256. The third-order valence-corrected chi connectivity index (χ3v) is 3.94. The van der Waals surface area contributed by atoms with Gasteiger partial charge in [0.15, 0.2) is 11.5 Å². The van der Waals surface area contributed by atoms with Gasteiger partial charge in [0.2, 0.25) is 6.08 Å². The fourth-order valence-corrected chi connectivity index (χ4v) is 2.77. The number of fused-ring (bicyclic) bond motifs is 1. The molecule has 2 aliphatic rings. The number of hydrogen-bond acceptors (Lipinski definition) is 4. The minimum atomic E-state index is -4.52. The fraction of sp³-hybridized carbons (Fsp3) is 0.500. The molecule has 7 heteroatoms. The zero-order valence-corrected chi connectivity index (χ0v) is 11.0. The molecular weight excluding hydrogens is 287 g/mol. The van der Waals surface area contributed by atoms with E-state index in [2.05, 4.69) is 4.99 Å². The van der Waals surface area contributed by atoms with Gasteiger partial charge < -0.3 is 9.47 Å². The molecule has 1 aromatic carbocycles. The van der Waals surface area contributed by atoms with Crippen LogP contribution in [-0.2, 0) is 16.5 Å². The summed E-state index contributed by atoms with van der Waals surface area (Å²) < 4.78 is 49.7. The maximum absolute atomic E-state index is 13.0. The Bertz CT molecular complexity index is 617. The number of nitrogens with zero attached hydrogens (tertiary/aromatic N) is 1. The monoisotopic (exact) mass is 299 g/mol. The fourth-order valence-electron chi connectivity index (χ4n) is 2.77. The first kappa shape index (κ1) is 13.9. The molecule has 0 aromatic heterocycles. The molecular formula is C14H12F3NO3. The number of isocyanates is 1. The highest BCUT2D eigenvalue weighted by Gasteiger charge is 2.45. The van der Waals surface area contributed by atoms with Crippen LogP contribution in [-0.4, -0.2) is 19.3 Å². The molecule has 0 radical (unpaired) electrons. The van der Waals surface area contributed by atoms with Crippen molar-refractivity contribution in [3.63, 3.8) is 0 Å². The van der Waals surface area contributed by atoms with Crippen LogP contribution in [0.25, 0.3) is 0 Å². The van der Waals surface area contributed by atoms with Crippen molar-refractivity contribution in [3.8, 4) is 11.5 Å². The number of rotatable bonds is 2. The van der Waals surface area contributed by atoms with Gasteiger partial charge in [-0.1, -0.05) is 6.07 Å². The number of halogens is 3. The Morgan fingerprint density at radius 3 is 2.33 bits per heavy atom. The minimum absolute atomic E-state index is 0.0507. The number of carbonyl (C=O) groups excluding carboxylic acids is 1. The summed E-state index contributed by atoms with van der Waals surface area (Å²) in [6.45, 7) is 0.228. The van der Waals surface area contributed by atoms with E-state index in [0.29, 0.717) is 18.4 Å². The summed E-state index contributed by atoms with van der Waals surface area (Å²) in [5, 5.41) is 0. The molecule has 1 saturated carbocycles. The molecule has 4 nitrogen and oxygen atoms in total. The molecule has 21 heavy (non-hydrogen) atoms. The first-order chi connectivity index (χ1) is 9.98. The van der Waals surface area contributed by atoms with Crippen LogP contribution in [0.4, 0.5) is 13.2 Å².